The second-order valence-electron chi connectivity index (χ2n) is 13.7. The molecule has 1 aromatic heterocycles. The molecule has 0 atom stereocenters. The van der Waals surface area contributed by atoms with Gasteiger partial charge in [0, 0.05) is 36.9 Å². The van der Waals surface area contributed by atoms with Gasteiger partial charge in [-0.2, -0.15) is 0 Å². The van der Waals surface area contributed by atoms with Crippen LogP contribution in [0.25, 0.3) is 75.5 Å². The lowest BCUT2D eigenvalue weighted by Crippen LogP contribution is -2.10. The average molecular weight is 706 g/mol. The number of fused-ring (bicyclic) bond motifs is 5. The Morgan fingerprint density at radius 2 is 0.741 bits per heavy atom. The van der Waals surface area contributed by atoms with Crippen molar-refractivity contribution >= 4 is 59.3 Å². The predicted molar refractivity (Wildman–Crippen MR) is 233 cm³/mol. The van der Waals surface area contributed by atoms with E-state index < -0.39 is 0 Å². The maximum atomic E-state index is 2.43. The molecule has 54 heavy (non-hydrogen) atoms. The third-order valence-electron chi connectivity index (χ3n) is 10.5. The van der Waals surface area contributed by atoms with Crippen molar-refractivity contribution in [3.8, 4) is 44.5 Å². The smallest absolute Gasteiger partial charge is 0.0554 e. The molecule has 9 aromatic carbocycles. The van der Waals surface area contributed by atoms with Crippen molar-refractivity contribution in [3.05, 3.63) is 212 Å². The van der Waals surface area contributed by atoms with Gasteiger partial charge in [0.15, 0.2) is 0 Å². The minimum Gasteiger partial charge on any atom is -0.310 e. The van der Waals surface area contributed by atoms with Gasteiger partial charge in [-0.3, -0.25) is 0 Å². The SMILES string of the molecule is c1ccc(-c2ccc(-c3ccc(N(c4ccc(-c5ccccc5)cc4)c4cccc5sc6c7ccccc7c(-c7ccccc7)cc6c45)cc3)cc2)cc1. The van der Waals surface area contributed by atoms with E-state index >= 15 is 0 Å². The molecule has 1 heterocycles. The van der Waals surface area contributed by atoms with Crippen LogP contribution in [0.5, 0.6) is 0 Å². The molecule has 0 aliphatic carbocycles. The molecular weight excluding hydrogens is 671 g/mol. The van der Waals surface area contributed by atoms with Crippen molar-refractivity contribution in [1.29, 1.82) is 0 Å². The van der Waals surface area contributed by atoms with Crippen molar-refractivity contribution in [1.82, 2.24) is 0 Å². The first-order valence-electron chi connectivity index (χ1n) is 18.4. The van der Waals surface area contributed by atoms with E-state index in [1.54, 1.807) is 0 Å². The fraction of sp³-hybridized carbons (Fsp3) is 0. The lowest BCUT2D eigenvalue weighted by Gasteiger charge is -2.27. The number of hydrogen-bond donors (Lipinski definition) is 0. The van der Waals surface area contributed by atoms with Gasteiger partial charge < -0.3 is 4.90 Å². The van der Waals surface area contributed by atoms with Crippen LogP contribution in [0.2, 0.25) is 0 Å². The molecule has 0 radical (unpaired) electrons. The second-order valence-corrected chi connectivity index (χ2v) is 14.8. The Morgan fingerprint density at radius 3 is 1.26 bits per heavy atom. The highest BCUT2D eigenvalue weighted by atomic mass is 32.1. The summed E-state index contributed by atoms with van der Waals surface area (Å²) in [5, 5.41) is 5.13. The van der Waals surface area contributed by atoms with Gasteiger partial charge >= 0.3 is 0 Å². The van der Waals surface area contributed by atoms with Crippen LogP contribution in [0.4, 0.5) is 17.1 Å². The zero-order valence-electron chi connectivity index (χ0n) is 29.6. The Kier molecular flexibility index (Phi) is 8.09. The Hall–Kier alpha value is -6.74. The molecule has 0 aliphatic rings. The third kappa shape index (κ3) is 5.74. The summed E-state index contributed by atoms with van der Waals surface area (Å²) in [4.78, 5) is 2.43. The van der Waals surface area contributed by atoms with E-state index in [2.05, 4.69) is 217 Å². The highest BCUT2D eigenvalue weighted by Gasteiger charge is 2.21. The van der Waals surface area contributed by atoms with E-state index in [0.717, 1.165) is 11.4 Å². The largest absolute Gasteiger partial charge is 0.310 e. The van der Waals surface area contributed by atoms with E-state index in [1.807, 2.05) is 11.3 Å². The third-order valence-corrected chi connectivity index (χ3v) is 11.7. The van der Waals surface area contributed by atoms with Gasteiger partial charge in [0.05, 0.1) is 5.69 Å². The Morgan fingerprint density at radius 1 is 0.315 bits per heavy atom. The molecule has 10 aromatic rings. The fourth-order valence-corrected chi connectivity index (χ4v) is 9.06. The minimum absolute atomic E-state index is 1.11. The van der Waals surface area contributed by atoms with E-state index in [4.69, 9.17) is 0 Å². The molecule has 0 N–H and O–H groups in total. The van der Waals surface area contributed by atoms with Gasteiger partial charge in [0.2, 0.25) is 0 Å². The van der Waals surface area contributed by atoms with E-state index in [-0.39, 0.29) is 0 Å². The van der Waals surface area contributed by atoms with Gasteiger partial charge in [0.25, 0.3) is 0 Å². The van der Waals surface area contributed by atoms with Crippen LogP contribution < -0.4 is 4.90 Å². The number of thiophene rings is 1. The number of hydrogen-bond acceptors (Lipinski definition) is 2. The maximum Gasteiger partial charge on any atom is 0.0554 e. The van der Waals surface area contributed by atoms with Crippen LogP contribution in [0, 0.1) is 0 Å². The number of nitrogens with zero attached hydrogens (tertiary/aromatic N) is 1. The first-order chi connectivity index (χ1) is 26.8. The van der Waals surface area contributed by atoms with Crippen LogP contribution in [-0.4, -0.2) is 0 Å². The van der Waals surface area contributed by atoms with Crippen LogP contribution in [0.15, 0.2) is 212 Å². The number of benzene rings is 9. The lowest BCUT2D eigenvalue weighted by molar-refractivity contribution is 1.30. The highest BCUT2D eigenvalue weighted by Crippen LogP contribution is 2.48. The first-order valence-corrected chi connectivity index (χ1v) is 19.2. The van der Waals surface area contributed by atoms with Crippen molar-refractivity contribution in [3.63, 3.8) is 0 Å². The zero-order valence-corrected chi connectivity index (χ0v) is 30.4. The van der Waals surface area contributed by atoms with Crippen molar-refractivity contribution in [2.75, 3.05) is 4.90 Å². The standard InChI is InChI=1S/C52H35NS/c1-4-13-36(14-5-1)38-23-25-39(26-24-38)41-29-33-44(34-30-41)53(43-31-27-40(28-32-43)37-15-6-2-7-16-37)49-21-12-22-50-51(49)48-35-47(42-17-8-3-9-18-42)45-19-10-11-20-46(45)52(48)54-50/h1-35H. The summed E-state index contributed by atoms with van der Waals surface area (Å²) in [6.45, 7) is 0. The van der Waals surface area contributed by atoms with Gasteiger partial charge in [-0.15, -0.1) is 11.3 Å². The van der Waals surface area contributed by atoms with E-state index in [9.17, 15) is 0 Å². The lowest BCUT2D eigenvalue weighted by atomic mass is 9.95. The molecule has 0 saturated carbocycles. The van der Waals surface area contributed by atoms with Crippen LogP contribution in [0.3, 0.4) is 0 Å². The summed E-state index contributed by atoms with van der Waals surface area (Å²) in [5.41, 5.74) is 13.1. The van der Waals surface area contributed by atoms with Gasteiger partial charge in [-0.1, -0.05) is 170 Å². The molecule has 1 nitrogen and oxygen atoms in total. The average Bonchev–Trinajstić information content (AvgIpc) is 3.65. The number of rotatable bonds is 7. The zero-order chi connectivity index (χ0) is 35.8. The van der Waals surface area contributed by atoms with Crippen molar-refractivity contribution in [2.24, 2.45) is 0 Å². The monoisotopic (exact) mass is 705 g/mol. The van der Waals surface area contributed by atoms with Crippen molar-refractivity contribution in [2.45, 2.75) is 0 Å². The molecule has 0 fully saturated rings. The van der Waals surface area contributed by atoms with Crippen LogP contribution in [0.1, 0.15) is 0 Å². The molecule has 2 heteroatoms. The number of anilines is 3. The summed E-state index contributed by atoms with van der Waals surface area (Å²) >= 11 is 1.89. The summed E-state index contributed by atoms with van der Waals surface area (Å²) in [6.07, 6.45) is 0. The molecule has 254 valence electrons. The molecule has 0 amide bonds. The predicted octanol–water partition coefficient (Wildman–Crippen LogP) is 15.3. The summed E-state index contributed by atoms with van der Waals surface area (Å²) < 4.78 is 2.60. The summed E-state index contributed by atoms with van der Waals surface area (Å²) in [5.74, 6) is 0. The topological polar surface area (TPSA) is 3.24 Å². The van der Waals surface area contributed by atoms with Gasteiger partial charge in [-0.05, 0) is 92.4 Å². The second kappa shape index (κ2) is 13.7. The van der Waals surface area contributed by atoms with Crippen molar-refractivity contribution < 1.29 is 0 Å². The molecule has 0 bridgehead atoms. The van der Waals surface area contributed by atoms with Crippen LogP contribution >= 0.6 is 11.3 Å². The summed E-state index contributed by atoms with van der Waals surface area (Å²) in [6, 6.07) is 77.0. The molecule has 0 aliphatic heterocycles. The molecule has 0 unspecified atom stereocenters. The molecule has 0 spiro atoms. The van der Waals surface area contributed by atoms with Crippen LogP contribution in [-0.2, 0) is 0 Å². The maximum absolute atomic E-state index is 2.43. The van der Waals surface area contributed by atoms with E-state index in [1.165, 1.54) is 81.1 Å². The van der Waals surface area contributed by atoms with Gasteiger partial charge in [0.1, 0.15) is 0 Å². The Labute approximate surface area is 319 Å². The first kappa shape index (κ1) is 32.0. The molecule has 10 rings (SSSR count). The van der Waals surface area contributed by atoms with E-state index in [0.29, 0.717) is 0 Å². The Balaban J connectivity index is 1.14. The Bertz CT molecular complexity index is 2880. The quantitative estimate of drug-likeness (QED) is 0.160. The minimum atomic E-state index is 1.11. The summed E-state index contributed by atoms with van der Waals surface area (Å²) in [7, 11) is 0. The molecular formula is C52H35NS. The fourth-order valence-electron chi connectivity index (χ4n) is 7.82. The highest BCUT2D eigenvalue weighted by molar-refractivity contribution is 7.26. The normalized spacial score (nSPS) is 11.3. The van der Waals surface area contributed by atoms with Gasteiger partial charge in [-0.25, -0.2) is 0 Å². The molecule has 0 saturated heterocycles.